The minimum absolute atomic E-state index is 0.757. The lowest BCUT2D eigenvalue weighted by atomic mass is 9.89. The molecule has 0 aromatic heterocycles. The molecule has 0 spiro atoms. The lowest BCUT2D eigenvalue weighted by molar-refractivity contribution is 0.194. The van der Waals surface area contributed by atoms with Crippen LogP contribution in [0.2, 0.25) is 0 Å². The van der Waals surface area contributed by atoms with E-state index in [0.717, 1.165) is 24.9 Å². The van der Waals surface area contributed by atoms with E-state index in [1.54, 1.807) is 0 Å². The molecule has 2 aliphatic rings. The summed E-state index contributed by atoms with van der Waals surface area (Å²) in [6, 6.07) is 0. The highest BCUT2D eigenvalue weighted by molar-refractivity contribution is 4.72. The van der Waals surface area contributed by atoms with Gasteiger partial charge in [-0.3, -0.25) is 0 Å². The zero-order chi connectivity index (χ0) is 14.0. The standard InChI is InChI=1S/C17H35N3/c1-16-13-18-9-5-11-20(12-6-10-19-14-16)15-17-7-3-2-4-8-17/h16-19H,2-15H2,1H3. The summed E-state index contributed by atoms with van der Waals surface area (Å²) in [6.07, 6.45) is 10.00. The summed E-state index contributed by atoms with van der Waals surface area (Å²) < 4.78 is 0. The third-order valence-corrected chi connectivity index (χ3v) is 4.88. The van der Waals surface area contributed by atoms with Gasteiger partial charge in [0, 0.05) is 6.54 Å². The molecule has 118 valence electrons. The van der Waals surface area contributed by atoms with Gasteiger partial charge in [0.05, 0.1) is 0 Å². The second kappa shape index (κ2) is 9.75. The molecule has 0 radical (unpaired) electrons. The van der Waals surface area contributed by atoms with Crippen molar-refractivity contribution >= 4 is 0 Å². The first kappa shape index (κ1) is 16.3. The van der Waals surface area contributed by atoms with Crippen LogP contribution in [0.25, 0.3) is 0 Å². The van der Waals surface area contributed by atoms with Gasteiger partial charge in [0.1, 0.15) is 0 Å². The molecular weight excluding hydrogens is 246 g/mol. The van der Waals surface area contributed by atoms with E-state index in [9.17, 15) is 0 Å². The lowest BCUT2D eigenvalue weighted by Gasteiger charge is -2.30. The Kier molecular flexibility index (Phi) is 7.92. The summed E-state index contributed by atoms with van der Waals surface area (Å²) >= 11 is 0. The van der Waals surface area contributed by atoms with E-state index in [1.807, 2.05) is 0 Å². The molecular formula is C17H35N3. The Labute approximate surface area is 125 Å². The molecule has 0 aromatic carbocycles. The number of hydrogen-bond acceptors (Lipinski definition) is 3. The molecule has 0 bridgehead atoms. The van der Waals surface area contributed by atoms with Crippen molar-refractivity contribution in [2.75, 3.05) is 45.8 Å². The fourth-order valence-corrected chi connectivity index (χ4v) is 3.65. The molecule has 0 atom stereocenters. The molecule has 1 saturated carbocycles. The smallest absolute Gasteiger partial charge is 0.000967 e. The lowest BCUT2D eigenvalue weighted by Crippen LogP contribution is -2.37. The fraction of sp³-hybridized carbons (Fsp3) is 1.00. The van der Waals surface area contributed by atoms with Crippen molar-refractivity contribution in [3.63, 3.8) is 0 Å². The van der Waals surface area contributed by atoms with Crippen molar-refractivity contribution < 1.29 is 0 Å². The average molecular weight is 281 g/mol. The molecule has 2 N–H and O–H groups in total. The molecule has 0 aromatic rings. The van der Waals surface area contributed by atoms with Gasteiger partial charge in [-0.2, -0.15) is 0 Å². The van der Waals surface area contributed by atoms with E-state index in [4.69, 9.17) is 0 Å². The van der Waals surface area contributed by atoms with E-state index in [0.29, 0.717) is 0 Å². The summed E-state index contributed by atoms with van der Waals surface area (Å²) in [5.41, 5.74) is 0. The van der Waals surface area contributed by atoms with Crippen LogP contribution in [0.4, 0.5) is 0 Å². The van der Waals surface area contributed by atoms with Gasteiger partial charge < -0.3 is 15.5 Å². The fourth-order valence-electron chi connectivity index (χ4n) is 3.65. The van der Waals surface area contributed by atoms with Crippen LogP contribution in [0.1, 0.15) is 51.9 Å². The number of rotatable bonds is 2. The van der Waals surface area contributed by atoms with Gasteiger partial charge in [-0.05, 0) is 76.8 Å². The monoisotopic (exact) mass is 281 g/mol. The van der Waals surface area contributed by atoms with Crippen molar-refractivity contribution in [2.24, 2.45) is 11.8 Å². The normalized spacial score (nSPS) is 26.9. The van der Waals surface area contributed by atoms with E-state index in [1.165, 1.54) is 77.7 Å². The molecule has 1 aliphatic heterocycles. The van der Waals surface area contributed by atoms with E-state index in [2.05, 4.69) is 22.5 Å². The first-order valence-electron chi connectivity index (χ1n) is 8.98. The van der Waals surface area contributed by atoms with Crippen molar-refractivity contribution in [1.82, 2.24) is 15.5 Å². The van der Waals surface area contributed by atoms with Crippen LogP contribution in [0.15, 0.2) is 0 Å². The number of nitrogens with zero attached hydrogens (tertiary/aromatic N) is 1. The highest BCUT2D eigenvalue weighted by Gasteiger charge is 2.17. The zero-order valence-corrected chi connectivity index (χ0v) is 13.5. The Morgan fingerprint density at radius 2 is 1.45 bits per heavy atom. The summed E-state index contributed by atoms with van der Waals surface area (Å²) in [4.78, 5) is 2.74. The molecule has 2 fully saturated rings. The minimum Gasteiger partial charge on any atom is -0.316 e. The second-order valence-corrected chi connectivity index (χ2v) is 7.03. The largest absolute Gasteiger partial charge is 0.316 e. The Morgan fingerprint density at radius 3 is 2.05 bits per heavy atom. The van der Waals surface area contributed by atoms with E-state index in [-0.39, 0.29) is 0 Å². The molecule has 0 amide bonds. The number of hydrogen-bond donors (Lipinski definition) is 2. The van der Waals surface area contributed by atoms with E-state index >= 15 is 0 Å². The maximum atomic E-state index is 3.61. The third-order valence-electron chi connectivity index (χ3n) is 4.88. The van der Waals surface area contributed by atoms with Crippen LogP contribution in [-0.4, -0.2) is 50.7 Å². The van der Waals surface area contributed by atoms with Gasteiger partial charge in [-0.25, -0.2) is 0 Å². The van der Waals surface area contributed by atoms with Crippen molar-refractivity contribution in [2.45, 2.75) is 51.9 Å². The Balaban J connectivity index is 1.72. The topological polar surface area (TPSA) is 27.3 Å². The molecule has 3 heteroatoms. The van der Waals surface area contributed by atoms with Gasteiger partial charge in [-0.15, -0.1) is 0 Å². The van der Waals surface area contributed by atoms with Gasteiger partial charge in [-0.1, -0.05) is 26.2 Å². The Hall–Kier alpha value is -0.120. The number of nitrogens with one attached hydrogen (secondary N) is 2. The zero-order valence-electron chi connectivity index (χ0n) is 13.5. The Morgan fingerprint density at radius 1 is 0.850 bits per heavy atom. The summed E-state index contributed by atoms with van der Waals surface area (Å²) in [6.45, 7) is 11.0. The highest BCUT2D eigenvalue weighted by Crippen LogP contribution is 2.24. The van der Waals surface area contributed by atoms with Crippen LogP contribution >= 0.6 is 0 Å². The van der Waals surface area contributed by atoms with Crippen LogP contribution in [-0.2, 0) is 0 Å². The summed E-state index contributed by atoms with van der Waals surface area (Å²) in [7, 11) is 0. The van der Waals surface area contributed by atoms with Crippen LogP contribution in [0.3, 0.4) is 0 Å². The molecule has 3 nitrogen and oxygen atoms in total. The molecule has 1 saturated heterocycles. The van der Waals surface area contributed by atoms with Crippen molar-refractivity contribution in [1.29, 1.82) is 0 Å². The van der Waals surface area contributed by atoms with Crippen LogP contribution in [0, 0.1) is 11.8 Å². The first-order chi connectivity index (χ1) is 9.84. The van der Waals surface area contributed by atoms with Gasteiger partial charge in [0.15, 0.2) is 0 Å². The van der Waals surface area contributed by atoms with Gasteiger partial charge >= 0.3 is 0 Å². The highest BCUT2D eigenvalue weighted by atomic mass is 15.1. The maximum absolute atomic E-state index is 3.61. The van der Waals surface area contributed by atoms with Gasteiger partial charge in [0.25, 0.3) is 0 Å². The first-order valence-corrected chi connectivity index (χ1v) is 8.98. The summed E-state index contributed by atoms with van der Waals surface area (Å²) in [5.74, 6) is 1.74. The van der Waals surface area contributed by atoms with Crippen molar-refractivity contribution in [3.05, 3.63) is 0 Å². The Bertz CT molecular complexity index is 224. The average Bonchev–Trinajstić information content (AvgIpc) is 2.45. The van der Waals surface area contributed by atoms with Crippen molar-refractivity contribution in [3.8, 4) is 0 Å². The summed E-state index contributed by atoms with van der Waals surface area (Å²) in [5, 5.41) is 7.22. The predicted molar refractivity (Wildman–Crippen MR) is 87.2 cm³/mol. The third kappa shape index (κ3) is 6.55. The maximum Gasteiger partial charge on any atom is 0.000967 e. The van der Waals surface area contributed by atoms with Gasteiger partial charge in [0.2, 0.25) is 0 Å². The second-order valence-electron chi connectivity index (χ2n) is 7.03. The minimum atomic E-state index is 0.757. The predicted octanol–water partition coefficient (Wildman–Crippen LogP) is 2.48. The molecule has 20 heavy (non-hydrogen) atoms. The van der Waals surface area contributed by atoms with E-state index < -0.39 is 0 Å². The quantitative estimate of drug-likeness (QED) is 0.814. The van der Waals surface area contributed by atoms with Crippen LogP contribution < -0.4 is 10.6 Å². The molecule has 1 aliphatic carbocycles. The molecule has 1 heterocycles. The van der Waals surface area contributed by atoms with Crippen LogP contribution in [0.5, 0.6) is 0 Å². The molecule has 0 unspecified atom stereocenters. The molecule has 2 rings (SSSR count). The SMILES string of the molecule is CC1CNCCCN(CC2CCCCC2)CCCNC1.